The molecule has 2 aromatic carbocycles. The predicted octanol–water partition coefficient (Wildman–Crippen LogP) is 6.21. The van der Waals surface area contributed by atoms with E-state index in [4.69, 9.17) is 41.5 Å². The fourth-order valence-electron chi connectivity index (χ4n) is 2.87. The van der Waals surface area contributed by atoms with Crippen LogP contribution in [-0.4, -0.2) is 11.9 Å². The third-order valence-corrected chi connectivity index (χ3v) is 4.75. The Morgan fingerprint density at radius 2 is 1.16 bits per heavy atom. The van der Waals surface area contributed by atoms with Crippen molar-refractivity contribution in [1.29, 1.82) is 0 Å². The summed E-state index contributed by atoms with van der Waals surface area (Å²) in [5.41, 5.74) is 1.18. The van der Waals surface area contributed by atoms with Gasteiger partial charge >= 0.3 is 11.9 Å². The molecule has 6 nitrogen and oxygen atoms in total. The molecular formula is C23H14Cl2O6. The van der Waals surface area contributed by atoms with Crippen LogP contribution in [0.15, 0.2) is 82.0 Å². The Labute approximate surface area is 186 Å². The van der Waals surface area contributed by atoms with E-state index in [1.807, 2.05) is 0 Å². The molecule has 0 spiro atoms. The molecule has 0 bridgehead atoms. The molecule has 0 atom stereocenters. The Kier molecular flexibility index (Phi) is 6.11. The standard InChI is InChI=1S/C23H14Cl2O6/c24-16-5-7-18(30-22(26)20-3-1-9-28-20)14(12-16)11-15-13-17(25)6-8-19(15)31-23(27)21-4-2-10-29-21/h1-10,12-13H,11H2. The SMILES string of the molecule is O=C(Oc1ccc(Cl)cc1Cc1cc(Cl)ccc1OC(=O)c1ccco1)c1ccco1. The summed E-state index contributed by atoms with van der Waals surface area (Å²) in [6.07, 6.45) is 2.98. The Morgan fingerprint density at radius 1 is 0.710 bits per heavy atom. The summed E-state index contributed by atoms with van der Waals surface area (Å²) >= 11 is 12.3. The van der Waals surface area contributed by atoms with Gasteiger partial charge in [-0.25, -0.2) is 9.59 Å². The summed E-state index contributed by atoms with van der Waals surface area (Å²) in [5.74, 6) is -0.593. The molecule has 31 heavy (non-hydrogen) atoms. The van der Waals surface area contributed by atoms with Gasteiger partial charge in [-0.15, -0.1) is 0 Å². The van der Waals surface area contributed by atoms with Crippen molar-refractivity contribution in [3.8, 4) is 11.5 Å². The fourth-order valence-corrected chi connectivity index (χ4v) is 3.26. The third-order valence-electron chi connectivity index (χ3n) is 4.28. The van der Waals surface area contributed by atoms with Gasteiger partial charge in [-0.3, -0.25) is 0 Å². The van der Waals surface area contributed by atoms with E-state index in [1.54, 1.807) is 48.5 Å². The first kappa shape index (κ1) is 20.8. The highest BCUT2D eigenvalue weighted by atomic mass is 35.5. The van der Waals surface area contributed by atoms with Gasteiger partial charge in [0.15, 0.2) is 0 Å². The second-order valence-corrected chi connectivity index (χ2v) is 7.29. The molecule has 8 heteroatoms. The average Bonchev–Trinajstić information content (AvgIpc) is 3.46. The van der Waals surface area contributed by atoms with Crippen molar-refractivity contribution >= 4 is 35.1 Å². The van der Waals surface area contributed by atoms with Crippen LogP contribution in [0.1, 0.15) is 32.2 Å². The topological polar surface area (TPSA) is 78.9 Å². The fraction of sp³-hybridized carbons (Fsp3) is 0.0435. The van der Waals surface area contributed by atoms with E-state index < -0.39 is 11.9 Å². The quantitative estimate of drug-likeness (QED) is 0.253. The first-order valence-electron chi connectivity index (χ1n) is 9.08. The van der Waals surface area contributed by atoms with Crippen molar-refractivity contribution in [3.05, 3.63) is 106 Å². The highest BCUT2D eigenvalue weighted by molar-refractivity contribution is 6.31. The lowest BCUT2D eigenvalue weighted by Crippen LogP contribution is -2.10. The Bertz CT molecular complexity index is 1120. The number of hydrogen-bond acceptors (Lipinski definition) is 6. The van der Waals surface area contributed by atoms with Gasteiger partial charge in [0.25, 0.3) is 0 Å². The molecule has 4 rings (SSSR count). The van der Waals surface area contributed by atoms with Crippen LogP contribution in [0.3, 0.4) is 0 Å². The van der Waals surface area contributed by atoms with Gasteiger partial charge in [0.2, 0.25) is 11.5 Å². The lowest BCUT2D eigenvalue weighted by molar-refractivity contribution is 0.0693. The molecule has 0 saturated carbocycles. The van der Waals surface area contributed by atoms with E-state index in [2.05, 4.69) is 0 Å². The second-order valence-electron chi connectivity index (χ2n) is 6.41. The number of hydrogen-bond donors (Lipinski definition) is 0. The molecule has 4 aromatic rings. The number of benzene rings is 2. The van der Waals surface area contributed by atoms with Crippen molar-refractivity contribution in [1.82, 2.24) is 0 Å². The minimum Gasteiger partial charge on any atom is -0.457 e. The van der Waals surface area contributed by atoms with Crippen molar-refractivity contribution in [2.24, 2.45) is 0 Å². The minimum absolute atomic E-state index is 0.0664. The van der Waals surface area contributed by atoms with E-state index in [1.165, 1.54) is 24.7 Å². The summed E-state index contributed by atoms with van der Waals surface area (Å²) in [4.78, 5) is 24.6. The molecule has 2 heterocycles. The summed E-state index contributed by atoms with van der Waals surface area (Å²) in [6, 6.07) is 15.9. The van der Waals surface area contributed by atoms with E-state index in [-0.39, 0.29) is 29.4 Å². The largest absolute Gasteiger partial charge is 0.457 e. The molecule has 0 amide bonds. The molecule has 0 N–H and O–H groups in total. The highest BCUT2D eigenvalue weighted by Crippen LogP contribution is 2.31. The number of halogens is 2. The summed E-state index contributed by atoms with van der Waals surface area (Å²) < 4.78 is 21.1. The van der Waals surface area contributed by atoms with Crippen LogP contribution in [0.5, 0.6) is 11.5 Å². The smallest absolute Gasteiger partial charge is 0.379 e. The van der Waals surface area contributed by atoms with Crippen molar-refractivity contribution in [2.75, 3.05) is 0 Å². The second kappa shape index (κ2) is 9.12. The minimum atomic E-state index is -0.649. The van der Waals surface area contributed by atoms with Gasteiger partial charge in [-0.05, 0) is 60.7 Å². The lowest BCUT2D eigenvalue weighted by Gasteiger charge is -2.13. The monoisotopic (exact) mass is 456 g/mol. The van der Waals surface area contributed by atoms with Gasteiger partial charge in [-0.2, -0.15) is 0 Å². The third kappa shape index (κ3) is 4.99. The molecule has 0 aliphatic heterocycles. The molecule has 0 aliphatic rings. The van der Waals surface area contributed by atoms with Gasteiger partial charge in [0.1, 0.15) is 11.5 Å². The van der Waals surface area contributed by atoms with Crippen LogP contribution in [0.25, 0.3) is 0 Å². The zero-order valence-corrected chi connectivity index (χ0v) is 17.4. The molecule has 0 radical (unpaired) electrons. The summed E-state index contributed by atoms with van der Waals surface area (Å²) in [7, 11) is 0. The normalized spacial score (nSPS) is 10.6. The van der Waals surface area contributed by atoms with Gasteiger partial charge in [-0.1, -0.05) is 23.2 Å². The van der Waals surface area contributed by atoms with Crippen molar-refractivity contribution < 1.29 is 27.9 Å². The van der Waals surface area contributed by atoms with Crippen molar-refractivity contribution in [2.45, 2.75) is 6.42 Å². The van der Waals surface area contributed by atoms with Crippen LogP contribution in [-0.2, 0) is 6.42 Å². The maximum Gasteiger partial charge on any atom is 0.379 e. The Morgan fingerprint density at radius 3 is 1.55 bits per heavy atom. The molecule has 2 aromatic heterocycles. The number of carbonyl (C=O) groups excluding carboxylic acids is 2. The summed E-state index contributed by atoms with van der Waals surface area (Å²) in [5, 5.41) is 0.896. The predicted molar refractivity (Wildman–Crippen MR) is 113 cm³/mol. The van der Waals surface area contributed by atoms with Crippen LogP contribution in [0.2, 0.25) is 10.0 Å². The number of ether oxygens (including phenoxy) is 2. The Balaban J connectivity index is 1.63. The molecule has 156 valence electrons. The van der Waals surface area contributed by atoms with E-state index >= 15 is 0 Å². The molecule has 0 fully saturated rings. The number of rotatable bonds is 6. The first-order chi connectivity index (χ1) is 15.0. The number of carbonyl (C=O) groups is 2. The number of esters is 2. The first-order valence-corrected chi connectivity index (χ1v) is 9.83. The highest BCUT2D eigenvalue weighted by Gasteiger charge is 2.18. The van der Waals surface area contributed by atoms with Gasteiger partial charge < -0.3 is 18.3 Å². The zero-order chi connectivity index (χ0) is 21.8. The molecule has 0 saturated heterocycles. The van der Waals surface area contributed by atoms with Crippen LogP contribution in [0, 0.1) is 0 Å². The van der Waals surface area contributed by atoms with Crippen LogP contribution < -0.4 is 9.47 Å². The van der Waals surface area contributed by atoms with Gasteiger partial charge in [0.05, 0.1) is 12.5 Å². The molecular weight excluding hydrogens is 443 g/mol. The van der Waals surface area contributed by atoms with Crippen molar-refractivity contribution in [3.63, 3.8) is 0 Å². The number of furan rings is 2. The molecule has 0 aliphatic carbocycles. The lowest BCUT2D eigenvalue weighted by atomic mass is 10.0. The van der Waals surface area contributed by atoms with Crippen LogP contribution >= 0.6 is 23.2 Å². The van der Waals surface area contributed by atoms with Gasteiger partial charge in [0, 0.05) is 27.6 Å². The van der Waals surface area contributed by atoms with E-state index in [0.717, 1.165) is 0 Å². The summed E-state index contributed by atoms with van der Waals surface area (Å²) in [6.45, 7) is 0. The Hall–Kier alpha value is -3.48. The maximum atomic E-state index is 12.3. The average molecular weight is 457 g/mol. The maximum absolute atomic E-state index is 12.3. The van der Waals surface area contributed by atoms with Crippen LogP contribution in [0.4, 0.5) is 0 Å². The molecule has 0 unspecified atom stereocenters. The van der Waals surface area contributed by atoms with E-state index in [0.29, 0.717) is 21.2 Å². The zero-order valence-electron chi connectivity index (χ0n) is 15.8. The van der Waals surface area contributed by atoms with E-state index in [9.17, 15) is 9.59 Å².